The summed E-state index contributed by atoms with van der Waals surface area (Å²) in [5.74, 6) is 0.841. The number of hydrogen-bond donors (Lipinski definition) is 2. The average Bonchev–Trinajstić information content (AvgIpc) is 2.46. The molecule has 1 aliphatic heterocycles. The van der Waals surface area contributed by atoms with Crippen LogP contribution in [0.5, 0.6) is 0 Å². The predicted molar refractivity (Wildman–Crippen MR) is 79.2 cm³/mol. The van der Waals surface area contributed by atoms with E-state index in [1.54, 1.807) is 13.2 Å². The highest BCUT2D eigenvalue weighted by Gasteiger charge is 2.28. The summed E-state index contributed by atoms with van der Waals surface area (Å²) in [5, 5.41) is 2.71. The Balaban J connectivity index is 2.22. The average molecular weight is 278 g/mol. The molecule has 0 spiro atoms. The van der Waals surface area contributed by atoms with Crippen LogP contribution in [0.1, 0.15) is 24.8 Å². The maximum Gasteiger partial charge on any atom is 0.242 e. The lowest BCUT2D eigenvalue weighted by molar-refractivity contribution is -0.122. The van der Waals surface area contributed by atoms with Gasteiger partial charge in [0.25, 0.3) is 0 Å². The Hall–Kier alpha value is -1.69. The van der Waals surface area contributed by atoms with Gasteiger partial charge in [-0.2, -0.15) is 0 Å². The van der Waals surface area contributed by atoms with Crippen molar-refractivity contribution < 1.29 is 4.79 Å². The smallest absolute Gasteiger partial charge is 0.242 e. The first-order chi connectivity index (χ1) is 9.13. The Kier molecular flexibility index (Phi) is 4.31. The largest absolute Gasteiger partial charge is 0.389 e. The Bertz CT molecular complexity index is 474. The fourth-order valence-corrected chi connectivity index (χ4v) is 2.47. The molecule has 0 aliphatic carbocycles. The highest BCUT2D eigenvalue weighted by molar-refractivity contribution is 7.80. The Morgan fingerprint density at radius 1 is 1.53 bits per heavy atom. The molecule has 1 saturated heterocycles. The van der Waals surface area contributed by atoms with Crippen LogP contribution in [0.15, 0.2) is 18.3 Å². The maximum absolute atomic E-state index is 11.9. The lowest BCUT2D eigenvalue weighted by Crippen LogP contribution is -2.49. The second kappa shape index (κ2) is 5.97. The molecule has 0 saturated carbocycles. The number of nitrogens with one attached hydrogen (secondary N) is 1. The van der Waals surface area contributed by atoms with Gasteiger partial charge in [0, 0.05) is 25.4 Å². The number of amides is 1. The lowest BCUT2D eigenvalue weighted by atomic mass is 10.0. The van der Waals surface area contributed by atoms with Gasteiger partial charge < -0.3 is 16.0 Å². The van der Waals surface area contributed by atoms with Crippen molar-refractivity contribution in [1.82, 2.24) is 10.3 Å². The molecule has 1 unspecified atom stereocenters. The number of anilines is 1. The molecule has 0 radical (unpaired) electrons. The molecule has 19 heavy (non-hydrogen) atoms. The van der Waals surface area contributed by atoms with E-state index in [-0.39, 0.29) is 11.9 Å². The van der Waals surface area contributed by atoms with Gasteiger partial charge in [-0.25, -0.2) is 4.98 Å². The van der Waals surface area contributed by atoms with Gasteiger partial charge in [-0.05, 0) is 31.4 Å². The first kappa shape index (κ1) is 13.7. The minimum Gasteiger partial charge on any atom is -0.389 e. The molecular formula is C13H18N4OS. The van der Waals surface area contributed by atoms with Crippen molar-refractivity contribution in [3.63, 3.8) is 0 Å². The minimum atomic E-state index is -0.137. The van der Waals surface area contributed by atoms with Gasteiger partial charge in [-0.15, -0.1) is 0 Å². The van der Waals surface area contributed by atoms with Crippen LogP contribution in [-0.4, -0.2) is 35.5 Å². The molecule has 1 fully saturated rings. The van der Waals surface area contributed by atoms with E-state index in [4.69, 9.17) is 18.0 Å². The standard InChI is InChI=1S/C13H18N4OS/c1-15-13(18)10-4-2-3-7-17(10)11-6-5-9(8-16-11)12(14)19/h5-6,8,10H,2-4,7H2,1H3,(H2,14,19)(H,15,18). The summed E-state index contributed by atoms with van der Waals surface area (Å²) in [5.41, 5.74) is 6.30. The maximum atomic E-state index is 11.9. The normalized spacial score (nSPS) is 19.0. The van der Waals surface area contributed by atoms with E-state index in [1.165, 1.54) is 0 Å². The third-order valence-electron chi connectivity index (χ3n) is 3.38. The summed E-state index contributed by atoms with van der Waals surface area (Å²) in [6.07, 6.45) is 4.66. The molecule has 102 valence electrons. The number of nitrogens with two attached hydrogens (primary N) is 1. The SMILES string of the molecule is CNC(=O)C1CCCCN1c1ccc(C(N)=S)cn1. The van der Waals surface area contributed by atoms with E-state index < -0.39 is 0 Å². The van der Waals surface area contributed by atoms with Crippen LogP contribution < -0.4 is 16.0 Å². The third-order valence-corrected chi connectivity index (χ3v) is 3.61. The topological polar surface area (TPSA) is 71.2 Å². The summed E-state index contributed by atoms with van der Waals surface area (Å²) in [6.45, 7) is 0.845. The number of thiocarbonyl (C=S) groups is 1. The summed E-state index contributed by atoms with van der Waals surface area (Å²) < 4.78 is 0. The molecule has 3 N–H and O–H groups in total. The summed E-state index contributed by atoms with van der Waals surface area (Å²) in [7, 11) is 1.67. The quantitative estimate of drug-likeness (QED) is 0.801. The van der Waals surface area contributed by atoms with Crippen molar-refractivity contribution in [2.45, 2.75) is 25.3 Å². The number of piperidine rings is 1. The van der Waals surface area contributed by atoms with E-state index in [9.17, 15) is 4.79 Å². The number of rotatable bonds is 3. The summed E-state index contributed by atoms with van der Waals surface area (Å²) >= 11 is 4.91. The summed E-state index contributed by atoms with van der Waals surface area (Å²) in [6, 6.07) is 3.58. The highest BCUT2D eigenvalue weighted by Crippen LogP contribution is 2.23. The molecule has 1 amide bonds. The summed E-state index contributed by atoms with van der Waals surface area (Å²) in [4.78, 5) is 18.7. The van der Waals surface area contributed by atoms with Crippen LogP contribution in [0.4, 0.5) is 5.82 Å². The van der Waals surface area contributed by atoms with Crippen LogP contribution in [0.2, 0.25) is 0 Å². The van der Waals surface area contributed by atoms with Gasteiger partial charge in [0.05, 0.1) is 0 Å². The molecule has 2 heterocycles. The number of pyridine rings is 1. The van der Waals surface area contributed by atoms with E-state index >= 15 is 0 Å². The van der Waals surface area contributed by atoms with Crippen LogP contribution in [0.3, 0.4) is 0 Å². The Morgan fingerprint density at radius 3 is 2.89 bits per heavy atom. The number of hydrogen-bond acceptors (Lipinski definition) is 4. The van der Waals surface area contributed by atoms with E-state index in [0.29, 0.717) is 4.99 Å². The van der Waals surface area contributed by atoms with Crippen molar-refractivity contribution >= 4 is 28.9 Å². The van der Waals surface area contributed by atoms with Crippen LogP contribution in [0, 0.1) is 0 Å². The zero-order valence-electron chi connectivity index (χ0n) is 10.9. The van der Waals surface area contributed by atoms with Gasteiger partial charge in [0.15, 0.2) is 0 Å². The Labute approximate surface area is 118 Å². The number of nitrogens with zero attached hydrogens (tertiary/aromatic N) is 2. The number of carbonyl (C=O) groups is 1. The lowest BCUT2D eigenvalue weighted by Gasteiger charge is -2.35. The number of likely N-dealkylation sites (N-methyl/N-ethyl adjacent to an activating group) is 1. The van der Waals surface area contributed by atoms with Crippen LogP contribution in [-0.2, 0) is 4.79 Å². The molecule has 1 atom stereocenters. The Morgan fingerprint density at radius 2 is 2.32 bits per heavy atom. The number of carbonyl (C=O) groups excluding carboxylic acids is 1. The van der Waals surface area contributed by atoms with Crippen molar-refractivity contribution in [2.75, 3.05) is 18.5 Å². The van der Waals surface area contributed by atoms with Gasteiger partial charge in [0.1, 0.15) is 16.8 Å². The molecule has 5 nitrogen and oxygen atoms in total. The van der Waals surface area contributed by atoms with E-state index in [0.717, 1.165) is 37.2 Å². The van der Waals surface area contributed by atoms with Crippen molar-refractivity contribution in [3.05, 3.63) is 23.9 Å². The predicted octanol–water partition coefficient (Wildman–Crippen LogP) is 0.821. The van der Waals surface area contributed by atoms with Gasteiger partial charge >= 0.3 is 0 Å². The molecule has 0 aromatic carbocycles. The van der Waals surface area contributed by atoms with Gasteiger partial charge in [-0.1, -0.05) is 12.2 Å². The van der Waals surface area contributed by atoms with Crippen LogP contribution >= 0.6 is 12.2 Å². The highest BCUT2D eigenvalue weighted by atomic mass is 32.1. The van der Waals surface area contributed by atoms with E-state index in [2.05, 4.69) is 10.3 Å². The van der Waals surface area contributed by atoms with Gasteiger partial charge in [-0.3, -0.25) is 4.79 Å². The molecule has 1 aliphatic rings. The first-order valence-electron chi connectivity index (χ1n) is 6.37. The molecule has 6 heteroatoms. The van der Waals surface area contributed by atoms with Crippen molar-refractivity contribution in [2.24, 2.45) is 5.73 Å². The zero-order valence-corrected chi connectivity index (χ0v) is 11.7. The van der Waals surface area contributed by atoms with Gasteiger partial charge in [0.2, 0.25) is 5.91 Å². The van der Waals surface area contributed by atoms with E-state index in [1.807, 2.05) is 17.0 Å². The second-order valence-electron chi connectivity index (χ2n) is 4.59. The van der Waals surface area contributed by atoms with Crippen molar-refractivity contribution in [3.8, 4) is 0 Å². The fraction of sp³-hybridized carbons (Fsp3) is 0.462. The monoisotopic (exact) mass is 278 g/mol. The second-order valence-corrected chi connectivity index (χ2v) is 5.03. The third kappa shape index (κ3) is 3.01. The molecule has 2 rings (SSSR count). The zero-order chi connectivity index (χ0) is 13.8. The fourth-order valence-electron chi connectivity index (χ4n) is 2.35. The molecule has 0 bridgehead atoms. The molecule has 1 aromatic heterocycles. The molecular weight excluding hydrogens is 260 g/mol. The van der Waals surface area contributed by atoms with Crippen molar-refractivity contribution in [1.29, 1.82) is 0 Å². The van der Waals surface area contributed by atoms with Crippen LogP contribution in [0.25, 0.3) is 0 Å². The number of aromatic nitrogens is 1. The first-order valence-corrected chi connectivity index (χ1v) is 6.78. The minimum absolute atomic E-state index is 0.0416. The molecule has 1 aromatic rings.